The maximum atomic E-state index is 11.6. The van der Waals surface area contributed by atoms with Crippen LogP contribution in [0.15, 0.2) is 0 Å². The van der Waals surface area contributed by atoms with Gasteiger partial charge in [0.2, 0.25) is 15.9 Å². The molecule has 1 rings (SSSR count). The number of hydrogen-bond acceptors (Lipinski definition) is 5. The lowest BCUT2D eigenvalue weighted by atomic mass is 10.2. The molecule has 0 saturated heterocycles. The molecule has 1 fully saturated rings. The Labute approximate surface area is 132 Å². The smallest absolute Gasteiger partial charge is 0.235 e. The number of nitrogens with two attached hydrogens (primary N) is 1. The Morgan fingerprint density at radius 1 is 1.38 bits per heavy atom. The SMILES string of the molecule is CC(C)OCCS(=O)(=O)NCC(=O)NC(CN)C1CC1.Cl. The summed E-state index contributed by atoms with van der Waals surface area (Å²) in [5, 5.41) is 2.75. The number of nitrogens with one attached hydrogen (secondary N) is 2. The number of halogens is 1. The molecule has 0 aromatic heterocycles. The lowest BCUT2D eigenvalue weighted by molar-refractivity contribution is -0.120. The van der Waals surface area contributed by atoms with E-state index in [9.17, 15) is 13.2 Å². The van der Waals surface area contributed by atoms with E-state index in [2.05, 4.69) is 10.0 Å². The van der Waals surface area contributed by atoms with Gasteiger partial charge >= 0.3 is 0 Å². The van der Waals surface area contributed by atoms with E-state index in [4.69, 9.17) is 10.5 Å². The number of carbonyl (C=O) groups excluding carboxylic acids is 1. The van der Waals surface area contributed by atoms with Crippen LogP contribution in [-0.4, -0.2) is 51.9 Å². The van der Waals surface area contributed by atoms with Crippen LogP contribution >= 0.6 is 12.4 Å². The summed E-state index contributed by atoms with van der Waals surface area (Å²) in [6.45, 7) is 3.90. The molecule has 7 nitrogen and oxygen atoms in total. The molecule has 0 aromatic rings. The fourth-order valence-electron chi connectivity index (χ4n) is 1.77. The van der Waals surface area contributed by atoms with Crippen molar-refractivity contribution in [1.82, 2.24) is 10.0 Å². The molecule has 9 heteroatoms. The van der Waals surface area contributed by atoms with Gasteiger partial charge in [-0.25, -0.2) is 13.1 Å². The highest BCUT2D eigenvalue weighted by atomic mass is 35.5. The Hall–Kier alpha value is -0.410. The predicted octanol–water partition coefficient (Wildman–Crippen LogP) is -0.394. The van der Waals surface area contributed by atoms with Gasteiger partial charge in [-0.05, 0) is 32.6 Å². The van der Waals surface area contributed by atoms with Crippen LogP contribution in [0.5, 0.6) is 0 Å². The van der Waals surface area contributed by atoms with Gasteiger partial charge in [-0.2, -0.15) is 0 Å². The van der Waals surface area contributed by atoms with Crippen molar-refractivity contribution >= 4 is 28.3 Å². The van der Waals surface area contributed by atoms with E-state index in [1.165, 1.54) is 0 Å². The summed E-state index contributed by atoms with van der Waals surface area (Å²) >= 11 is 0. The highest BCUT2D eigenvalue weighted by Crippen LogP contribution is 2.32. The Bertz CT molecular complexity index is 413. The minimum Gasteiger partial charge on any atom is -0.378 e. The van der Waals surface area contributed by atoms with Crippen LogP contribution in [0, 0.1) is 5.92 Å². The topological polar surface area (TPSA) is 111 Å². The Morgan fingerprint density at radius 2 is 2.00 bits per heavy atom. The number of hydrogen-bond donors (Lipinski definition) is 3. The third-order valence-corrected chi connectivity index (χ3v) is 4.34. The summed E-state index contributed by atoms with van der Waals surface area (Å²) in [5.41, 5.74) is 5.57. The Morgan fingerprint density at radius 3 is 2.48 bits per heavy atom. The van der Waals surface area contributed by atoms with Gasteiger partial charge in [0, 0.05) is 12.6 Å². The summed E-state index contributed by atoms with van der Waals surface area (Å²) in [7, 11) is -3.49. The van der Waals surface area contributed by atoms with E-state index < -0.39 is 10.0 Å². The van der Waals surface area contributed by atoms with Crippen LogP contribution in [0.3, 0.4) is 0 Å². The van der Waals surface area contributed by atoms with Crippen molar-refractivity contribution in [2.75, 3.05) is 25.4 Å². The second-order valence-electron chi connectivity index (χ2n) is 5.31. The zero-order valence-electron chi connectivity index (χ0n) is 12.5. The van der Waals surface area contributed by atoms with Gasteiger partial charge < -0.3 is 15.8 Å². The Balaban J connectivity index is 0.00000400. The van der Waals surface area contributed by atoms with Crippen LogP contribution < -0.4 is 15.8 Å². The molecule has 21 heavy (non-hydrogen) atoms. The first kappa shape index (κ1) is 20.6. The average Bonchev–Trinajstić information content (AvgIpc) is 3.17. The Kier molecular flexibility index (Phi) is 9.39. The number of amides is 1. The summed E-state index contributed by atoms with van der Waals surface area (Å²) in [6.07, 6.45) is 2.12. The van der Waals surface area contributed by atoms with E-state index in [0.717, 1.165) is 12.8 Å². The standard InChI is InChI=1S/C12H25N3O4S.ClH/c1-9(2)19-5-6-20(17,18)14-8-12(16)15-11(7-13)10-3-4-10;/h9-11,14H,3-8,13H2,1-2H3,(H,15,16);1H. The molecule has 1 aliphatic carbocycles. The molecule has 4 N–H and O–H groups in total. The molecule has 0 bridgehead atoms. The maximum Gasteiger partial charge on any atom is 0.235 e. The summed E-state index contributed by atoms with van der Waals surface area (Å²) in [5.74, 6) is -0.0535. The number of ether oxygens (including phenoxy) is 1. The maximum absolute atomic E-state index is 11.6. The zero-order valence-corrected chi connectivity index (χ0v) is 14.1. The fourth-order valence-corrected chi connectivity index (χ4v) is 2.58. The second kappa shape index (κ2) is 9.58. The monoisotopic (exact) mass is 343 g/mol. The van der Waals surface area contributed by atoms with E-state index >= 15 is 0 Å². The predicted molar refractivity (Wildman–Crippen MR) is 83.8 cm³/mol. The van der Waals surface area contributed by atoms with Crippen molar-refractivity contribution in [3.8, 4) is 0 Å². The van der Waals surface area contributed by atoms with Crippen molar-refractivity contribution in [3.05, 3.63) is 0 Å². The molecule has 0 aliphatic heterocycles. The van der Waals surface area contributed by atoms with Gasteiger partial charge in [0.1, 0.15) is 0 Å². The average molecular weight is 344 g/mol. The lowest BCUT2D eigenvalue weighted by Gasteiger charge is -2.16. The van der Waals surface area contributed by atoms with E-state index in [1.54, 1.807) is 0 Å². The van der Waals surface area contributed by atoms with Crippen LogP contribution in [0.2, 0.25) is 0 Å². The van der Waals surface area contributed by atoms with Crippen molar-refractivity contribution < 1.29 is 17.9 Å². The molecule has 0 aromatic carbocycles. The van der Waals surface area contributed by atoms with Gasteiger partial charge in [-0.3, -0.25) is 4.79 Å². The van der Waals surface area contributed by atoms with Crippen molar-refractivity contribution in [3.63, 3.8) is 0 Å². The molecular weight excluding hydrogens is 318 g/mol. The first-order valence-corrected chi connectivity index (χ1v) is 8.57. The van der Waals surface area contributed by atoms with Crippen LogP contribution in [0.4, 0.5) is 0 Å². The van der Waals surface area contributed by atoms with Crippen molar-refractivity contribution in [2.45, 2.75) is 38.8 Å². The fraction of sp³-hybridized carbons (Fsp3) is 0.917. The number of carbonyl (C=O) groups is 1. The molecule has 1 saturated carbocycles. The molecular formula is C12H26ClN3O4S. The minimum atomic E-state index is -3.49. The molecule has 1 atom stereocenters. The van der Waals surface area contributed by atoms with Gasteiger partial charge in [-0.1, -0.05) is 0 Å². The lowest BCUT2D eigenvalue weighted by Crippen LogP contribution is -2.46. The normalized spacial score (nSPS) is 16.4. The van der Waals surface area contributed by atoms with E-state index in [0.29, 0.717) is 12.5 Å². The van der Waals surface area contributed by atoms with E-state index in [-0.39, 0.29) is 49.4 Å². The van der Waals surface area contributed by atoms with Gasteiger partial charge in [0.05, 0.1) is 25.0 Å². The highest BCUT2D eigenvalue weighted by Gasteiger charge is 2.31. The number of rotatable bonds is 10. The highest BCUT2D eigenvalue weighted by molar-refractivity contribution is 7.89. The molecule has 126 valence electrons. The van der Waals surface area contributed by atoms with Crippen molar-refractivity contribution in [2.24, 2.45) is 11.7 Å². The minimum absolute atomic E-state index is 0. The van der Waals surface area contributed by atoms with Gasteiger partial charge in [0.15, 0.2) is 0 Å². The molecule has 1 aliphatic rings. The second-order valence-corrected chi connectivity index (χ2v) is 7.23. The largest absolute Gasteiger partial charge is 0.378 e. The number of sulfonamides is 1. The summed E-state index contributed by atoms with van der Waals surface area (Å²) in [4.78, 5) is 11.6. The van der Waals surface area contributed by atoms with Gasteiger partial charge in [0.25, 0.3) is 0 Å². The molecule has 0 heterocycles. The van der Waals surface area contributed by atoms with E-state index in [1.807, 2.05) is 13.8 Å². The first-order valence-electron chi connectivity index (χ1n) is 6.92. The van der Waals surface area contributed by atoms with Crippen molar-refractivity contribution in [1.29, 1.82) is 0 Å². The van der Waals surface area contributed by atoms with Crippen LogP contribution in [-0.2, 0) is 19.6 Å². The molecule has 0 spiro atoms. The van der Waals surface area contributed by atoms with Crippen LogP contribution in [0.25, 0.3) is 0 Å². The van der Waals surface area contributed by atoms with Crippen LogP contribution in [0.1, 0.15) is 26.7 Å². The quantitative estimate of drug-likeness (QED) is 0.500. The summed E-state index contributed by atoms with van der Waals surface area (Å²) in [6, 6.07) is -0.0451. The third-order valence-electron chi connectivity index (χ3n) is 3.05. The third kappa shape index (κ3) is 9.26. The molecule has 1 amide bonds. The first-order chi connectivity index (χ1) is 9.34. The zero-order chi connectivity index (χ0) is 15.2. The molecule has 0 radical (unpaired) electrons. The molecule has 1 unspecified atom stereocenters. The van der Waals surface area contributed by atoms with Gasteiger partial charge in [-0.15, -0.1) is 12.4 Å². The summed E-state index contributed by atoms with van der Waals surface area (Å²) < 4.78 is 30.7.